The van der Waals surface area contributed by atoms with Gasteiger partial charge >= 0.3 is 0 Å². The van der Waals surface area contributed by atoms with E-state index in [0.29, 0.717) is 5.88 Å². The third-order valence-electron chi connectivity index (χ3n) is 1.75. The van der Waals surface area contributed by atoms with Gasteiger partial charge in [0, 0.05) is 23.0 Å². The second-order valence-electron chi connectivity index (χ2n) is 2.74. The van der Waals surface area contributed by atoms with Crippen molar-refractivity contribution in [2.75, 3.05) is 24.0 Å². The van der Waals surface area contributed by atoms with E-state index in [9.17, 15) is 0 Å². The molecular formula is C11H14ClNS. The minimum absolute atomic E-state index is 0.576. The van der Waals surface area contributed by atoms with Gasteiger partial charge in [0.25, 0.3) is 0 Å². The van der Waals surface area contributed by atoms with Gasteiger partial charge in [-0.2, -0.15) is 0 Å². The van der Waals surface area contributed by atoms with Crippen LogP contribution in [0.5, 0.6) is 0 Å². The van der Waals surface area contributed by atoms with Gasteiger partial charge in [0.2, 0.25) is 0 Å². The molecule has 0 aliphatic heterocycles. The van der Waals surface area contributed by atoms with E-state index in [0.717, 1.165) is 12.2 Å². The van der Waals surface area contributed by atoms with Gasteiger partial charge in [-0.1, -0.05) is 18.2 Å². The molecule has 1 nitrogen and oxygen atoms in total. The van der Waals surface area contributed by atoms with Gasteiger partial charge < -0.3 is 5.32 Å². The third-order valence-corrected chi connectivity index (χ3v) is 2.65. The number of nitrogens with one attached hydrogen (secondary N) is 1. The molecule has 1 rings (SSSR count). The number of thioether (sulfide) groups is 1. The van der Waals surface area contributed by atoms with Gasteiger partial charge in [0.15, 0.2) is 0 Å². The van der Waals surface area contributed by atoms with Crippen LogP contribution < -0.4 is 5.32 Å². The number of hydrogen-bond donors (Lipinski definition) is 1. The summed E-state index contributed by atoms with van der Waals surface area (Å²) in [6.45, 7) is 0.824. The second kappa shape index (κ2) is 6.80. The van der Waals surface area contributed by atoms with Crippen molar-refractivity contribution in [1.29, 1.82) is 0 Å². The molecule has 0 bridgehead atoms. The Morgan fingerprint density at radius 2 is 2.29 bits per heavy atom. The van der Waals surface area contributed by atoms with Crippen LogP contribution in [0.1, 0.15) is 0 Å². The maximum absolute atomic E-state index is 5.51. The second-order valence-corrected chi connectivity index (χ2v) is 3.93. The SMILES string of the molecule is CSc1cccc(NC/C=C/CCl)c1. The van der Waals surface area contributed by atoms with E-state index >= 15 is 0 Å². The summed E-state index contributed by atoms with van der Waals surface area (Å²) in [6.07, 6.45) is 6.04. The molecule has 0 amide bonds. The molecule has 0 aromatic heterocycles. The summed E-state index contributed by atoms with van der Waals surface area (Å²) in [7, 11) is 0. The fourth-order valence-corrected chi connectivity index (χ4v) is 1.64. The lowest BCUT2D eigenvalue weighted by Crippen LogP contribution is -1.97. The van der Waals surface area contributed by atoms with Gasteiger partial charge in [-0.05, 0) is 24.5 Å². The van der Waals surface area contributed by atoms with E-state index in [1.807, 2.05) is 12.2 Å². The van der Waals surface area contributed by atoms with Crippen LogP contribution in [0.2, 0.25) is 0 Å². The monoisotopic (exact) mass is 227 g/mol. The van der Waals surface area contributed by atoms with Crippen molar-refractivity contribution in [1.82, 2.24) is 0 Å². The topological polar surface area (TPSA) is 12.0 Å². The number of allylic oxidation sites excluding steroid dienone is 1. The Morgan fingerprint density at radius 3 is 3.00 bits per heavy atom. The average Bonchev–Trinajstić information content (AvgIpc) is 2.25. The third kappa shape index (κ3) is 4.07. The predicted octanol–water partition coefficient (Wildman–Crippen LogP) is 3.62. The largest absolute Gasteiger partial charge is 0.382 e. The molecule has 0 fully saturated rings. The lowest BCUT2D eigenvalue weighted by molar-refractivity contribution is 1.31. The van der Waals surface area contributed by atoms with Crippen molar-refractivity contribution in [2.24, 2.45) is 0 Å². The van der Waals surface area contributed by atoms with Gasteiger partial charge in [-0.25, -0.2) is 0 Å². The molecule has 0 saturated carbocycles. The zero-order valence-corrected chi connectivity index (χ0v) is 9.74. The highest BCUT2D eigenvalue weighted by molar-refractivity contribution is 7.98. The zero-order chi connectivity index (χ0) is 10.2. The van der Waals surface area contributed by atoms with Crippen molar-refractivity contribution in [3.05, 3.63) is 36.4 Å². The van der Waals surface area contributed by atoms with Crippen LogP contribution in [0, 0.1) is 0 Å². The van der Waals surface area contributed by atoms with Crippen molar-refractivity contribution in [3.63, 3.8) is 0 Å². The highest BCUT2D eigenvalue weighted by Crippen LogP contribution is 2.18. The summed E-state index contributed by atoms with van der Waals surface area (Å²) in [5.74, 6) is 0.576. The minimum atomic E-state index is 0.576. The summed E-state index contributed by atoms with van der Waals surface area (Å²) < 4.78 is 0. The average molecular weight is 228 g/mol. The number of anilines is 1. The highest BCUT2D eigenvalue weighted by atomic mass is 35.5. The summed E-state index contributed by atoms with van der Waals surface area (Å²) in [5.41, 5.74) is 1.15. The van der Waals surface area contributed by atoms with Crippen LogP contribution >= 0.6 is 23.4 Å². The van der Waals surface area contributed by atoms with E-state index in [1.165, 1.54) is 4.90 Å². The van der Waals surface area contributed by atoms with Crippen LogP contribution in [0.3, 0.4) is 0 Å². The van der Waals surface area contributed by atoms with Crippen molar-refractivity contribution >= 4 is 29.1 Å². The van der Waals surface area contributed by atoms with Gasteiger partial charge in [0.1, 0.15) is 0 Å². The molecule has 0 radical (unpaired) electrons. The summed E-state index contributed by atoms with van der Waals surface area (Å²) >= 11 is 7.26. The lowest BCUT2D eigenvalue weighted by Gasteiger charge is -2.04. The van der Waals surface area contributed by atoms with E-state index in [-0.39, 0.29) is 0 Å². The molecule has 76 valence electrons. The fraction of sp³-hybridized carbons (Fsp3) is 0.273. The zero-order valence-electron chi connectivity index (χ0n) is 8.16. The number of rotatable bonds is 5. The maximum atomic E-state index is 5.51. The Morgan fingerprint density at radius 1 is 1.43 bits per heavy atom. The van der Waals surface area contributed by atoms with Crippen LogP contribution in [-0.2, 0) is 0 Å². The number of halogens is 1. The quantitative estimate of drug-likeness (QED) is 0.469. The smallest absolute Gasteiger partial charge is 0.0404 e. The number of benzene rings is 1. The normalized spacial score (nSPS) is 10.7. The number of hydrogen-bond acceptors (Lipinski definition) is 2. The molecule has 3 heteroatoms. The maximum Gasteiger partial charge on any atom is 0.0404 e. The van der Waals surface area contributed by atoms with E-state index < -0.39 is 0 Å². The summed E-state index contributed by atoms with van der Waals surface area (Å²) in [4.78, 5) is 1.27. The molecule has 0 aliphatic rings. The first-order valence-corrected chi connectivity index (χ1v) is 6.21. The molecule has 1 N–H and O–H groups in total. The standard InChI is InChI=1S/C11H14ClNS/c1-14-11-6-4-5-10(9-11)13-8-3-2-7-12/h2-6,9,13H,7-8H2,1H3/b3-2+. The number of alkyl halides is 1. The Balaban J connectivity index is 2.46. The highest BCUT2D eigenvalue weighted by Gasteiger charge is 1.91. The van der Waals surface area contributed by atoms with Crippen molar-refractivity contribution < 1.29 is 0 Å². The Labute approximate surface area is 94.5 Å². The molecule has 0 heterocycles. The molecule has 0 unspecified atom stereocenters. The molecule has 1 aromatic rings. The van der Waals surface area contributed by atoms with Crippen molar-refractivity contribution in [2.45, 2.75) is 4.90 Å². The first kappa shape index (κ1) is 11.5. The first-order chi connectivity index (χ1) is 6.86. The van der Waals surface area contributed by atoms with Crippen LogP contribution in [0.25, 0.3) is 0 Å². The summed E-state index contributed by atoms with van der Waals surface area (Å²) in [6, 6.07) is 8.36. The molecule has 0 saturated heterocycles. The van der Waals surface area contributed by atoms with Crippen LogP contribution in [0.15, 0.2) is 41.3 Å². The molecule has 0 aliphatic carbocycles. The predicted molar refractivity (Wildman–Crippen MR) is 66.6 cm³/mol. The first-order valence-electron chi connectivity index (χ1n) is 4.45. The molecule has 14 heavy (non-hydrogen) atoms. The van der Waals surface area contributed by atoms with Crippen LogP contribution in [0.4, 0.5) is 5.69 Å². The Kier molecular flexibility index (Phi) is 5.57. The lowest BCUT2D eigenvalue weighted by atomic mass is 10.3. The Bertz CT molecular complexity index is 299. The van der Waals surface area contributed by atoms with Gasteiger partial charge in [-0.15, -0.1) is 23.4 Å². The minimum Gasteiger partial charge on any atom is -0.382 e. The molecular weight excluding hydrogens is 214 g/mol. The molecule has 0 atom stereocenters. The van der Waals surface area contributed by atoms with Crippen LogP contribution in [-0.4, -0.2) is 18.7 Å². The molecule has 0 spiro atoms. The van der Waals surface area contributed by atoms with Gasteiger partial charge in [-0.3, -0.25) is 0 Å². The van der Waals surface area contributed by atoms with Crippen molar-refractivity contribution in [3.8, 4) is 0 Å². The fourth-order valence-electron chi connectivity index (χ4n) is 1.06. The van der Waals surface area contributed by atoms with Gasteiger partial charge in [0.05, 0.1) is 0 Å². The summed E-state index contributed by atoms with van der Waals surface area (Å²) in [5, 5.41) is 3.30. The van der Waals surface area contributed by atoms with E-state index in [4.69, 9.17) is 11.6 Å². The van der Waals surface area contributed by atoms with E-state index in [1.54, 1.807) is 11.8 Å². The molecule has 1 aromatic carbocycles. The van der Waals surface area contributed by atoms with E-state index in [2.05, 4.69) is 35.8 Å². The Hall–Kier alpha value is -0.600.